The number of hydrogen-bond donors (Lipinski definition) is 1. The van der Waals surface area contributed by atoms with Crippen LogP contribution in [-0.2, 0) is 5.60 Å². The Labute approximate surface area is 163 Å². The molecule has 0 fully saturated rings. The van der Waals surface area contributed by atoms with E-state index in [1.807, 2.05) is 91.0 Å². The number of aliphatic hydroxyl groups is 1. The lowest BCUT2D eigenvalue weighted by Crippen LogP contribution is -2.37. The van der Waals surface area contributed by atoms with Gasteiger partial charge in [-0.15, -0.1) is 0 Å². The minimum atomic E-state index is -1.41. The highest BCUT2D eigenvalue weighted by atomic mass is 16.3. The van der Waals surface area contributed by atoms with Crippen LogP contribution in [-0.4, -0.2) is 10.9 Å². The average Bonchev–Trinajstić information content (AvgIpc) is 2.78. The maximum atomic E-state index is 13.1. The van der Waals surface area contributed by atoms with Crippen molar-refractivity contribution in [3.8, 4) is 11.1 Å². The second-order valence-electron chi connectivity index (χ2n) is 7.04. The molecule has 1 aliphatic carbocycles. The highest BCUT2D eigenvalue weighted by molar-refractivity contribution is 6.13. The first-order valence-electron chi connectivity index (χ1n) is 9.32. The summed E-state index contributed by atoms with van der Waals surface area (Å²) in [5, 5.41) is 12.3. The van der Waals surface area contributed by atoms with Crippen molar-refractivity contribution < 1.29 is 9.90 Å². The lowest BCUT2D eigenvalue weighted by Gasteiger charge is -2.37. The highest BCUT2D eigenvalue weighted by Crippen LogP contribution is 2.47. The number of ketones is 1. The van der Waals surface area contributed by atoms with E-state index in [1.54, 1.807) is 12.1 Å². The van der Waals surface area contributed by atoms with Crippen molar-refractivity contribution in [2.24, 2.45) is 0 Å². The Morgan fingerprint density at radius 3 is 1.43 bits per heavy atom. The standard InChI is InChI=1S/C26H18O2/c27-25-20-13-5-8-16-23(20)26(28,24-17-9-6-14-21(24)25)22-15-7-4-12-19(22)18-10-2-1-3-11-18/h1-17,28H. The van der Waals surface area contributed by atoms with Crippen molar-refractivity contribution in [1.82, 2.24) is 0 Å². The zero-order valence-corrected chi connectivity index (χ0v) is 15.2. The molecule has 0 unspecified atom stereocenters. The van der Waals surface area contributed by atoms with Gasteiger partial charge in [0.2, 0.25) is 0 Å². The summed E-state index contributed by atoms with van der Waals surface area (Å²) in [6.07, 6.45) is 0. The van der Waals surface area contributed by atoms with Crippen LogP contribution in [0.1, 0.15) is 32.6 Å². The first-order valence-corrected chi connectivity index (χ1v) is 9.32. The van der Waals surface area contributed by atoms with E-state index in [2.05, 4.69) is 0 Å². The van der Waals surface area contributed by atoms with Gasteiger partial charge in [0.15, 0.2) is 5.78 Å². The molecule has 2 nitrogen and oxygen atoms in total. The van der Waals surface area contributed by atoms with Gasteiger partial charge in [-0.1, -0.05) is 103 Å². The summed E-state index contributed by atoms with van der Waals surface area (Å²) < 4.78 is 0. The van der Waals surface area contributed by atoms with Gasteiger partial charge in [0.25, 0.3) is 0 Å². The second-order valence-corrected chi connectivity index (χ2v) is 7.04. The Morgan fingerprint density at radius 2 is 0.893 bits per heavy atom. The Balaban J connectivity index is 1.88. The molecular formula is C26H18O2. The predicted octanol–water partition coefficient (Wildman–Crippen LogP) is 5.18. The minimum absolute atomic E-state index is 0.0481. The lowest BCUT2D eigenvalue weighted by molar-refractivity contribution is 0.0951. The van der Waals surface area contributed by atoms with Gasteiger partial charge in [-0.2, -0.15) is 0 Å². The molecule has 2 heteroatoms. The third-order valence-electron chi connectivity index (χ3n) is 5.52. The number of carbonyl (C=O) groups is 1. The fourth-order valence-electron chi connectivity index (χ4n) is 4.24. The monoisotopic (exact) mass is 362 g/mol. The van der Waals surface area contributed by atoms with E-state index in [0.717, 1.165) is 16.7 Å². The number of carbonyl (C=O) groups excluding carboxylic acids is 1. The summed E-state index contributed by atoms with van der Waals surface area (Å²) in [6.45, 7) is 0. The van der Waals surface area contributed by atoms with Crippen LogP contribution in [0, 0.1) is 0 Å². The van der Waals surface area contributed by atoms with Crippen LogP contribution in [0.4, 0.5) is 0 Å². The molecule has 134 valence electrons. The SMILES string of the molecule is O=C1c2ccccc2C(O)(c2ccccc2-c2ccccc2)c2ccccc21. The first kappa shape index (κ1) is 16.7. The predicted molar refractivity (Wildman–Crippen MR) is 110 cm³/mol. The van der Waals surface area contributed by atoms with E-state index in [1.165, 1.54) is 0 Å². The van der Waals surface area contributed by atoms with Gasteiger partial charge in [0.1, 0.15) is 5.60 Å². The van der Waals surface area contributed by atoms with E-state index >= 15 is 0 Å². The molecule has 1 aliphatic rings. The maximum absolute atomic E-state index is 13.1. The molecule has 28 heavy (non-hydrogen) atoms. The molecule has 0 radical (unpaired) electrons. The topological polar surface area (TPSA) is 37.3 Å². The number of fused-ring (bicyclic) bond motifs is 2. The van der Waals surface area contributed by atoms with Crippen molar-refractivity contribution in [1.29, 1.82) is 0 Å². The molecule has 0 aromatic heterocycles. The Kier molecular flexibility index (Phi) is 3.75. The average molecular weight is 362 g/mol. The summed E-state index contributed by atoms with van der Waals surface area (Å²) in [5.41, 5.74) is 3.69. The molecule has 0 bridgehead atoms. The molecule has 1 N–H and O–H groups in total. The van der Waals surface area contributed by atoms with Crippen LogP contribution in [0.2, 0.25) is 0 Å². The Bertz CT molecular complexity index is 1140. The van der Waals surface area contributed by atoms with E-state index in [-0.39, 0.29) is 5.78 Å². The van der Waals surface area contributed by atoms with Crippen molar-refractivity contribution in [2.75, 3.05) is 0 Å². The van der Waals surface area contributed by atoms with Crippen molar-refractivity contribution >= 4 is 5.78 Å². The van der Waals surface area contributed by atoms with Gasteiger partial charge in [-0.25, -0.2) is 0 Å². The number of rotatable bonds is 2. The fourth-order valence-corrected chi connectivity index (χ4v) is 4.24. The second kappa shape index (κ2) is 6.29. The van der Waals surface area contributed by atoms with E-state index in [0.29, 0.717) is 22.3 Å². The first-order chi connectivity index (χ1) is 13.7. The summed E-state index contributed by atoms with van der Waals surface area (Å²) in [5.74, 6) is -0.0481. The van der Waals surface area contributed by atoms with Crippen LogP contribution in [0.3, 0.4) is 0 Å². The zero-order chi connectivity index (χ0) is 19.1. The summed E-state index contributed by atoms with van der Waals surface area (Å²) >= 11 is 0. The molecule has 0 spiro atoms. The smallest absolute Gasteiger partial charge is 0.193 e. The van der Waals surface area contributed by atoms with Crippen molar-refractivity contribution in [3.05, 3.63) is 131 Å². The molecule has 0 heterocycles. The van der Waals surface area contributed by atoms with Crippen LogP contribution in [0.15, 0.2) is 103 Å². The van der Waals surface area contributed by atoms with Gasteiger partial charge in [0, 0.05) is 27.8 Å². The maximum Gasteiger partial charge on any atom is 0.193 e. The summed E-state index contributed by atoms with van der Waals surface area (Å²) in [7, 11) is 0. The largest absolute Gasteiger partial charge is 0.376 e. The lowest BCUT2D eigenvalue weighted by atomic mass is 9.69. The minimum Gasteiger partial charge on any atom is -0.376 e. The van der Waals surface area contributed by atoms with Crippen molar-refractivity contribution in [3.63, 3.8) is 0 Å². The quantitative estimate of drug-likeness (QED) is 0.533. The molecule has 5 rings (SSSR count). The molecule has 0 aliphatic heterocycles. The zero-order valence-electron chi connectivity index (χ0n) is 15.2. The van der Waals surface area contributed by atoms with E-state index < -0.39 is 5.60 Å². The molecular weight excluding hydrogens is 344 g/mol. The van der Waals surface area contributed by atoms with Gasteiger partial charge in [0.05, 0.1) is 0 Å². The summed E-state index contributed by atoms with van der Waals surface area (Å²) in [6, 6.07) is 32.6. The summed E-state index contributed by atoms with van der Waals surface area (Å²) in [4.78, 5) is 13.1. The normalized spacial score (nSPS) is 14.2. The van der Waals surface area contributed by atoms with Crippen LogP contribution >= 0.6 is 0 Å². The van der Waals surface area contributed by atoms with Crippen LogP contribution in [0.5, 0.6) is 0 Å². The highest BCUT2D eigenvalue weighted by Gasteiger charge is 2.44. The van der Waals surface area contributed by atoms with E-state index in [4.69, 9.17) is 0 Å². The van der Waals surface area contributed by atoms with Gasteiger partial charge < -0.3 is 5.11 Å². The van der Waals surface area contributed by atoms with Crippen molar-refractivity contribution in [2.45, 2.75) is 5.60 Å². The number of benzene rings is 4. The number of hydrogen-bond acceptors (Lipinski definition) is 2. The van der Waals surface area contributed by atoms with Gasteiger partial charge >= 0.3 is 0 Å². The third-order valence-corrected chi connectivity index (χ3v) is 5.52. The Hall–Kier alpha value is -3.49. The van der Waals surface area contributed by atoms with Crippen LogP contribution < -0.4 is 0 Å². The van der Waals surface area contributed by atoms with Gasteiger partial charge in [-0.05, 0) is 11.1 Å². The van der Waals surface area contributed by atoms with Crippen LogP contribution in [0.25, 0.3) is 11.1 Å². The molecule has 4 aromatic rings. The third kappa shape index (κ3) is 2.29. The Morgan fingerprint density at radius 1 is 0.500 bits per heavy atom. The van der Waals surface area contributed by atoms with E-state index in [9.17, 15) is 9.90 Å². The fraction of sp³-hybridized carbons (Fsp3) is 0.0385. The molecule has 4 aromatic carbocycles. The van der Waals surface area contributed by atoms with Gasteiger partial charge in [-0.3, -0.25) is 4.79 Å². The molecule has 0 saturated carbocycles. The molecule has 0 atom stereocenters. The molecule has 0 amide bonds. The molecule has 0 saturated heterocycles.